The van der Waals surface area contributed by atoms with E-state index in [1.165, 1.54) is 22.4 Å². The van der Waals surface area contributed by atoms with Gasteiger partial charge < -0.3 is 10.6 Å². The van der Waals surface area contributed by atoms with Gasteiger partial charge >= 0.3 is 0 Å². The van der Waals surface area contributed by atoms with Crippen molar-refractivity contribution in [1.82, 2.24) is 20.4 Å². The van der Waals surface area contributed by atoms with E-state index in [2.05, 4.69) is 74.6 Å². The second-order valence-electron chi connectivity index (χ2n) is 6.64. The Balaban J connectivity index is 2.05. The molecule has 2 aromatic rings. The van der Waals surface area contributed by atoms with Crippen molar-refractivity contribution in [1.29, 1.82) is 0 Å². The summed E-state index contributed by atoms with van der Waals surface area (Å²) in [5.74, 6) is 0.859. The van der Waals surface area contributed by atoms with Crippen molar-refractivity contribution in [3.8, 4) is 0 Å². The van der Waals surface area contributed by atoms with Gasteiger partial charge in [-0.3, -0.25) is 4.68 Å². The zero-order chi connectivity index (χ0) is 18.4. The average molecular weight is 342 g/mol. The standard InChI is InChI=1S/C20H31N5/c1-7-21-20(22-13-18-11-9-8-10-14(18)2)23-15(3)12-19-16(4)24-25(6)17(19)5/h8-11,15H,7,12-13H2,1-6H3,(H2,21,22,23). The molecule has 136 valence electrons. The summed E-state index contributed by atoms with van der Waals surface area (Å²) in [7, 11) is 2.00. The van der Waals surface area contributed by atoms with Crippen molar-refractivity contribution >= 4 is 5.96 Å². The molecule has 1 aromatic carbocycles. The Morgan fingerprint density at radius 1 is 1.24 bits per heavy atom. The van der Waals surface area contributed by atoms with Gasteiger partial charge in [-0.05, 0) is 57.7 Å². The van der Waals surface area contributed by atoms with Gasteiger partial charge in [-0.1, -0.05) is 24.3 Å². The lowest BCUT2D eigenvalue weighted by Crippen LogP contribution is -2.43. The molecule has 1 unspecified atom stereocenters. The Morgan fingerprint density at radius 3 is 2.56 bits per heavy atom. The lowest BCUT2D eigenvalue weighted by molar-refractivity contribution is 0.635. The zero-order valence-corrected chi connectivity index (χ0v) is 16.3. The molecule has 0 aliphatic carbocycles. The van der Waals surface area contributed by atoms with Gasteiger partial charge in [-0.15, -0.1) is 0 Å². The first-order valence-electron chi connectivity index (χ1n) is 9.00. The first kappa shape index (κ1) is 19.0. The molecule has 1 aromatic heterocycles. The third-order valence-corrected chi connectivity index (χ3v) is 4.57. The number of hydrogen-bond donors (Lipinski definition) is 2. The molecule has 0 amide bonds. The number of benzene rings is 1. The zero-order valence-electron chi connectivity index (χ0n) is 16.3. The van der Waals surface area contributed by atoms with E-state index in [4.69, 9.17) is 4.99 Å². The Kier molecular flexibility index (Phi) is 6.62. The van der Waals surface area contributed by atoms with Crippen molar-refractivity contribution < 1.29 is 0 Å². The third-order valence-electron chi connectivity index (χ3n) is 4.57. The molecular weight excluding hydrogens is 310 g/mol. The summed E-state index contributed by atoms with van der Waals surface area (Å²) in [5, 5.41) is 11.4. The molecule has 1 atom stereocenters. The number of guanidine groups is 1. The van der Waals surface area contributed by atoms with E-state index < -0.39 is 0 Å². The molecule has 25 heavy (non-hydrogen) atoms. The SMILES string of the molecule is CCNC(=NCc1ccccc1C)NC(C)Cc1c(C)nn(C)c1C. The van der Waals surface area contributed by atoms with Crippen LogP contribution < -0.4 is 10.6 Å². The molecular formula is C20H31N5. The van der Waals surface area contributed by atoms with Crippen molar-refractivity contribution in [2.24, 2.45) is 12.0 Å². The summed E-state index contributed by atoms with van der Waals surface area (Å²) in [6.07, 6.45) is 0.931. The van der Waals surface area contributed by atoms with Crippen LogP contribution in [0.25, 0.3) is 0 Å². The fourth-order valence-electron chi connectivity index (χ4n) is 2.98. The van der Waals surface area contributed by atoms with Crippen molar-refractivity contribution in [3.63, 3.8) is 0 Å². The van der Waals surface area contributed by atoms with E-state index in [9.17, 15) is 0 Å². The highest BCUT2D eigenvalue weighted by Gasteiger charge is 2.14. The van der Waals surface area contributed by atoms with Crippen LogP contribution in [0.3, 0.4) is 0 Å². The number of aromatic nitrogens is 2. The number of hydrogen-bond acceptors (Lipinski definition) is 2. The van der Waals surface area contributed by atoms with Gasteiger partial charge in [-0.25, -0.2) is 4.99 Å². The molecule has 0 aliphatic rings. The van der Waals surface area contributed by atoms with Gasteiger partial charge in [-0.2, -0.15) is 5.10 Å². The Hall–Kier alpha value is -2.30. The number of aliphatic imine (C=N–C) groups is 1. The van der Waals surface area contributed by atoms with Gasteiger partial charge in [0.05, 0.1) is 12.2 Å². The normalized spacial score (nSPS) is 13.0. The summed E-state index contributed by atoms with van der Waals surface area (Å²) in [5.41, 5.74) is 6.18. The number of nitrogens with zero attached hydrogens (tertiary/aromatic N) is 3. The largest absolute Gasteiger partial charge is 0.357 e. The fraction of sp³-hybridized carbons (Fsp3) is 0.500. The second-order valence-corrected chi connectivity index (χ2v) is 6.64. The minimum absolute atomic E-state index is 0.274. The number of rotatable bonds is 6. The highest BCUT2D eigenvalue weighted by molar-refractivity contribution is 5.80. The summed E-state index contributed by atoms with van der Waals surface area (Å²) < 4.78 is 1.95. The van der Waals surface area contributed by atoms with Gasteiger partial charge in [0.2, 0.25) is 0 Å². The smallest absolute Gasteiger partial charge is 0.191 e. The minimum Gasteiger partial charge on any atom is -0.357 e. The predicted octanol–water partition coefficient (Wildman–Crippen LogP) is 3.03. The first-order chi connectivity index (χ1) is 11.9. The molecule has 1 heterocycles. The van der Waals surface area contributed by atoms with Crippen LogP contribution in [0.2, 0.25) is 0 Å². The molecule has 0 bridgehead atoms. The van der Waals surface area contributed by atoms with Gasteiger partial charge in [0, 0.05) is 25.3 Å². The molecule has 2 rings (SSSR count). The summed E-state index contributed by atoms with van der Waals surface area (Å²) in [6, 6.07) is 8.66. The van der Waals surface area contributed by atoms with E-state index in [1.807, 2.05) is 11.7 Å². The lowest BCUT2D eigenvalue weighted by Gasteiger charge is -2.18. The van der Waals surface area contributed by atoms with Crippen LogP contribution in [0.1, 0.15) is 41.9 Å². The van der Waals surface area contributed by atoms with Crippen molar-refractivity contribution in [2.45, 2.75) is 53.6 Å². The van der Waals surface area contributed by atoms with Gasteiger partial charge in [0.1, 0.15) is 0 Å². The van der Waals surface area contributed by atoms with Crippen LogP contribution >= 0.6 is 0 Å². The topological polar surface area (TPSA) is 54.2 Å². The molecule has 0 fully saturated rings. The van der Waals surface area contributed by atoms with E-state index >= 15 is 0 Å². The second kappa shape index (κ2) is 8.70. The summed E-state index contributed by atoms with van der Waals surface area (Å²) in [6.45, 7) is 12.1. The molecule has 2 N–H and O–H groups in total. The minimum atomic E-state index is 0.274. The van der Waals surface area contributed by atoms with Crippen LogP contribution in [0.4, 0.5) is 0 Å². The summed E-state index contributed by atoms with van der Waals surface area (Å²) in [4.78, 5) is 4.75. The van der Waals surface area contributed by atoms with Crippen LogP contribution in [0, 0.1) is 20.8 Å². The molecule has 0 spiro atoms. The monoisotopic (exact) mass is 341 g/mol. The summed E-state index contributed by atoms with van der Waals surface area (Å²) >= 11 is 0. The predicted molar refractivity (Wildman–Crippen MR) is 105 cm³/mol. The van der Waals surface area contributed by atoms with Crippen LogP contribution in [0.5, 0.6) is 0 Å². The molecule has 0 radical (unpaired) electrons. The number of nitrogens with one attached hydrogen (secondary N) is 2. The van der Waals surface area contributed by atoms with Crippen LogP contribution in [-0.2, 0) is 20.0 Å². The first-order valence-corrected chi connectivity index (χ1v) is 9.00. The number of aryl methyl sites for hydroxylation is 3. The van der Waals surface area contributed by atoms with E-state index in [1.54, 1.807) is 0 Å². The Bertz CT molecular complexity index is 730. The lowest BCUT2D eigenvalue weighted by atomic mass is 10.1. The molecule has 0 saturated heterocycles. The van der Waals surface area contributed by atoms with Crippen molar-refractivity contribution in [3.05, 3.63) is 52.3 Å². The molecule has 5 heteroatoms. The highest BCUT2D eigenvalue weighted by atomic mass is 15.3. The van der Waals surface area contributed by atoms with E-state index in [0.29, 0.717) is 6.54 Å². The maximum atomic E-state index is 4.75. The molecule has 5 nitrogen and oxygen atoms in total. The fourth-order valence-corrected chi connectivity index (χ4v) is 2.98. The highest BCUT2D eigenvalue weighted by Crippen LogP contribution is 2.14. The van der Waals surface area contributed by atoms with Crippen LogP contribution in [0.15, 0.2) is 29.3 Å². The maximum absolute atomic E-state index is 4.75. The van der Waals surface area contributed by atoms with Crippen molar-refractivity contribution in [2.75, 3.05) is 6.54 Å². The van der Waals surface area contributed by atoms with E-state index in [0.717, 1.165) is 24.6 Å². The average Bonchev–Trinajstić information content (AvgIpc) is 2.80. The Labute approximate surface area is 151 Å². The third kappa shape index (κ3) is 5.08. The van der Waals surface area contributed by atoms with Crippen LogP contribution in [-0.4, -0.2) is 28.3 Å². The van der Waals surface area contributed by atoms with Gasteiger partial charge in [0.15, 0.2) is 5.96 Å². The quantitative estimate of drug-likeness (QED) is 0.627. The van der Waals surface area contributed by atoms with Gasteiger partial charge in [0.25, 0.3) is 0 Å². The maximum Gasteiger partial charge on any atom is 0.191 e. The molecule has 0 aliphatic heterocycles. The Morgan fingerprint density at radius 2 is 1.96 bits per heavy atom. The molecule has 0 saturated carbocycles. The van der Waals surface area contributed by atoms with E-state index in [-0.39, 0.29) is 6.04 Å².